The van der Waals surface area contributed by atoms with E-state index in [0.29, 0.717) is 34.9 Å². The summed E-state index contributed by atoms with van der Waals surface area (Å²) in [5.41, 5.74) is 1.06. The van der Waals surface area contributed by atoms with E-state index in [9.17, 15) is 9.59 Å². The van der Waals surface area contributed by atoms with E-state index in [1.54, 1.807) is 26.2 Å². The van der Waals surface area contributed by atoms with Crippen LogP contribution in [0.25, 0.3) is 0 Å². The molecule has 1 fully saturated rings. The number of methoxy groups -OCH3 is 1. The van der Waals surface area contributed by atoms with Gasteiger partial charge < -0.3 is 20.1 Å². The standard InChI is InChI=1S/C17H23ClN2O4/c1-20(2)16(21)13-8-11(18)9-14(15(13)24-3)19-12-6-4-10(5-7-12)17(22)23/h8-10,12,19H,4-7H2,1-3H3,(H,22,23). The van der Waals surface area contributed by atoms with Crippen LogP contribution in [0.5, 0.6) is 5.75 Å². The summed E-state index contributed by atoms with van der Waals surface area (Å²) >= 11 is 6.17. The Morgan fingerprint density at radius 3 is 2.38 bits per heavy atom. The number of carboxylic acid groups (broad SMARTS) is 1. The number of aliphatic carboxylic acids is 1. The number of hydrogen-bond acceptors (Lipinski definition) is 4. The number of rotatable bonds is 5. The van der Waals surface area contributed by atoms with Gasteiger partial charge in [-0.25, -0.2) is 0 Å². The summed E-state index contributed by atoms with van der Waals surface area (Å²) in [6.45, 7) is 0. The third kappa shape index (κ3) is 4.12. The van der Waals surface area contributed by atoms with Crippen LogP contribution in [-0.4, -0.2) is 49.1 Å². The monoisotopic (exact) mass is 354 g/mol. The average molecular weight is 355 g/mol. The fourth-order valence-electron chi connectivity index (χ4n) is 3.03. The number of carboxylic acids is 1. The summed E-state index contributed by atoms with van der Waals surface area (Å²) in [5.74, 6) is -0.728. The minimum atomic E-state index is -0.729. The molecule has 1 aliphatic rings. The third-order valence-corrected chi connectivity index (χ3v) is 4.55. The second-order valence-electron chi connectivity index (χ2n) is 6.26. The Morgan fingerprint density at radius 1 is 1.25 bits per heavy atom. The van der Waals surface area contributed by atoms with E-state index in [1.165, 1.54) is 12.0 Å². The van der Waals surface area contributed by atoms with Gasteiger partial charge in [0.25, 0.3) is 5.91 Å². The Balaban J connectivity index is 2.21. The first-order valence-electron chi connectivity index (χ1n) is 7.92. The van der Waals surface area contributed by atoms with E-state index in [4.69, 9.17) is 21.4 Å². The highest BCUT2D eigenvalue weighted by Gasteiger charge is 2.27. The van der Waals surface area contributed by atoms with Crippen molar-refractivity contribution in [2.75, 3.05) is 26.5 Å². The molecular formula is C17H23ClN2O4. The van der Waals surface area contributed by atoms with Crippen LogP contribution in [0.4, 0.5) is 5.69 Å². The van der Waals surface area contributed by atoms with Crippen LogP contribution in [-0.2, 0) is 4.79 Å². The van der Waals surface area contributed by atoms with Gasteiger partial charge in [-0.05, 0) is 37.8 Å². The lowest BCUT2D eigenvalue weighted by Crippen LogP contribution is -2.29. The first kappa shape index (κ1) is 18.4. The molecule has 7 heteroatoms. The summed E-state index contributed by atoms with van der Waals surface area (Å²) in [5, 5.41) is 12.9. The smallest absolute Gasteiger partial charge is 0.306 e. The number of nitrogens with one attached hydrogen (secondary N) is 1. The number of carbonyl (C=O) groups excluding carboxylic acids is 1. The molecule has 0 aromatic heterocycles. The maximum Gasteiger partial charge on any atom is 0.306 e. The zero-order chi connectivity index (χ0) is 17.9. The molecule has 1 saturated carbocycles. The lowest BCUT2D eigenvalue weighted by Gasteiger charge is -2.28. The number of halogens is 1. The molecule has 24 heavy (non-hydrogen) atoms. The summed E-state index contributed by atoms with van der Waals surface area (Å²) in [7, 11) is 4.86. The summed E-state index contributed by atoms with van der Waals surface area (Å²) in [6, 6.07) is 3.46. The topological polar surface area (TPSA) is 78.9 Å². The highest BCUT2D eigenvalue weighted by atomic mass is 35.5. The minimum Gasteiger partial charge on any atom is -0.494 e. The van der Waals surface area contributed by atoms with Crippen molar-refractivity contribution in [1.29, 1.82) is 0 Å². The third-order valence-electron chi connectivity index (χ3n) is 4.33. The first-order chi connectivity index (χ1) is 11.3. The molecule has 1 aromatic rings. The molecule has 0 bridgehead atoms. The Morgan fingerprint density at radius 2 is 1.88 bits per heavy atom. The van der Waals surface area contributed by atoms with E-state index in [1.807, 2.05) is 0 Å². The van der Waals surface area contributed by atoms with Gasteiger partial charge in [0.2, 0.25) is 0 Å². The zero-order valence-electron chi connectivity index (χ0n) is 14.1. The zero-order valence-corrected chi connectivity index (χ0v) is 14.9. The number of ether oxygens (including phenoxy) is 1. The van der Waals surface area contributed by atoms with Gasteiger partial charge >= 0.3 is 5.97 Å². The molecule has 0 radical (unpaired) electrons. The molecule has 132 valence electrons. The van der Waals surface area contributed by atoms with Gasteiger partial charge in [0.15, 0.2) is 5.75 Å². The van der Waals surface area contributed by atoms with Crippen LogP contribution in [0.3, 0.4) is 0 Å². The molecule has 0 spiro atoms. The number of nitrogens with zero attached hydrogens (tertiary/aromatic N) is 1. The number of hydrogen-bond donors (Lipinski definition) is 2. The van der Waals surface area contributed by atoms with Crippen molar-refractivity contribution in [3.05, 3.63) is 22.7 Å². The molecule has 0 saturated heterocycles. The van der Waals surface area contributed by atoms with Gasteiger partial charge in [0, 0.05) is 25.2 Å². The SMILES string of the molecule is COc1c(NC2CCC(C(=O)O)CC2)cc(Cl)cc1C(=O)N(C)C. The van der Waals surface area contributed by atoms with E-state index >= 15 is 0 Å². The van der Waals surface area contributed by atoms with Gasteiger partial charge in [-0.15, -0.1) is 0 Å². The van der Waals surface area contributed by atoms with E-state index < -0.39 is 5.97 Å². The Kier molecular flexibility index (Phi) is 5.94. The molecule has 0 heterocycles. The molecule has 1 aromatic carbocycles. The molecule has 6 nitrogen and oxygen atoms in total. The van der Waals surface area contributed by atoms with Gasteiger partial charge in [0.1, 0.15) is 0 Å². The van der Waals surface area contributed by atoms with Crippen molar-refractivity contribution >= 4 is 29.2 Å². The van der Waals surface area contributed by atoms with Gasteiger partial charge in [-0.2, -0.15) is 0 Å². The normalized spacial score (nSPS) is 20.3. The predicted molar refractivity (Wildman–Crippen MR) is 93.0 cm³/mol. The summed E-state index contributed by atoms with van der Waals surface area (Å²) < 4.78 is 5.44. The van der Waals surface area contributed by atoms with Gasteiger partial charge in [-0.1, -0.05) is 11.6 Å². The van der Waals surface area contributed by atoms with Crippen molar-refractivity contribution in [3.8, 4) is 5.75 Å². The van der Waals surface area contributed by atoms with E-state index in [0.717, 1.165) is 12.8 Å². The first-order valence-corrected chi connectivity index (χ1v) is 8.29. The molecule has 2 rings (SSSR count). The number of amides is 1. The quantitative estimate of drug-likeness (QED) is 0.849. The Hall–Kier alpha value is -1.95. The van der Waals surface area contributed by atoms with Crippen molar-refractivity contribution in [2.24, 2.45) is 5.92 Å². The molecule has 1 amide bonds. The second-order valence-corrected chi connectivity index (χ2v) is 6.70. The van der Waals surface area contributed by atoms with Crippen LogP contribution >= 0.6 is 11.6 Å². The second kappa shape index (κ2) is 7.75. The predicted octanol–water partition coefficient (Wildman–Crippen LogP) is 3.11. The fourth-order valence-corrected chi connectivity index (χ4v) is 3.24. The van der Waals surface area contributed by atoms with Crippen LogP contribution in [0.15, 0.2) is 12.1 Å². The number of anilines is 1. The Bertz CT molecular complexity index is 625. The van der Waals surface area contributed by atoms with E-state index in [-0.39, 0.29) is 17.9 Å². The highest BCUT2D eigenvalue weighted by molar-refractivity contribution is 6.31. The van der Waals surface area contributed by atoms with Gasteiger partial charge in [0.05, 0.1) is 24.3 Å². The molecule has 2 N–H and O–H groups in total. The number of benzene rings is 1. The Labute approximate surface area is 146 Å². The van der Waals surface area contributed by atoms with Crippen LogP contribution in [0.2, 0.25) is 5.02 Å². The van der Waals surface area contributed by atoms with Crippen molar-refractivity contribution < 1.29 is 19.4 Å². The fraction of sp³-hybridized carbons (Fsp3) is 0.529. The largest absolute Gasteiger partial charge is 0.494 e. The minimum absolute atomic E-state index is 0.135. The van der Waals surface area contributed by atoms with Crippen LogP contribution in [0, 0.1) is 5.92 Å². The molecule has 0 unspecified atom stereocenters. The van der Waals surface area contributed by atoms with Crippen LogP contribution in [0.1, 0.15) is 36.0 Å². The maximum absolute atomic E-state index is 12.3. The van der Waals surface area contributed by atoms with Crippen LogP contribution < -0.4 is 10.1 Å². The molecule has 0 aliphatic heterocycles. The summed E-state index contributed by atoms with van der Waals surface area (Å²) in [4.78, 5) is 24.8. The lowest BCUT2D eigenvalue weighted by atomic mass is 9.86. The lowest BCUT2D eigenvalue weighted by molar-refractivity contribution is -0.142. The molecular weight excluding hydrogens is 332 g/mol. The number of carbonyl (C=O) groups is 2. The highest BCUT2D eigenvalue weighted by Crippen LogP contribution is 2.36. The molecule has 0 atom stereocenters. The van der Waals surface area contributed by atoms with Crippen molar-refractivity contribution in [1.82, 2.24) is 4.90 Å². The van der Waals surface area contributed by atoms with Gasteiger partial charge in [-0.3, -0.25) is 9.59 Å². The molecule has 1 aliphatic carbocycles. The maximum atomic E-state index is 12.3. The average Bonchev–Trinajstić information content (AvgIpc) is 2.54. The van der Waals surface area contributed by atoms with Crippen molar-refractivity contribution in [3.63, 3.8) is 0 Å². The summed E-state index contributed by atoms with van der Waals surface area (Å²) in [6.07, 6.45) is 2.78. The van der Waals surface area contributed by atoms with Crippen molar-refractivity contribution in [2.45, 2.75) is 31.7 Å². The van der Waals surface area contributed by atoms with E-state index in [2.05, 4.69) is 5.32 Å².